The summed E-state index contributed by atoms with van der Waals surface area (Å²) in [6.07, 6.45) is 4.32. The standard InChI is InChI=1S/C32H43N5O4/c1-7-24(25-11-9-10-12-26(25)34(4)33)30(38)35-15-13-32(14-16-35)28-17-21(3)29-22(18-23(40-5)19-27(29)41-6)20-36(28)31(39)37(32)8-2/h9-12,17-19,21,24H,7-8,13-16,20,33H2,1-6H3. The molecule has 2 N–H and O–H groups in total. The number of anilines is 1. The second-order valence-corrected chi connectivity index (χ2v) is 11.3. The van der Waals surface area contributed by atoms with Gasteiger partial charge in [-0.15, -0.1) is 0 Å². The highest BCUT2D eigenvalue weighted by molar-refractivity contribution is 5.86. The number of piperidine rings is 1. The fourth-order valence-electron chi connectivity index (χ4n) is 7.21. The molecule has 0 aliphatic carbocycles. The number of rotatable bonds is 7. The highest BCUT2D eigenvalue weighted by Gasteiger charge is 2.55. The summed E-state index contributed by atoms with van der Waals surface area (Å²) in [4.78, 5) is 33.8. The molecule has 9 heteroatoms. The summed E-state index contributed by atoms with van der Waals surface area (Å²) in [7, 11) is 5.12. The summed E-state index contributed by atoms with van der Waals surface area (Å²) in [6.45, 7) is 8.49. The molecule has 2 aromatic rings. The zero-order valence-corrected chi connectivity index (χ0v) is 25.1. The van der Waals surface area contributed by atoms with Crippen molar-refractivity contribution in [3.63, 3.8) is 0 Å². The molecule has 41 heavy (non-hydrogen) atoms. The molecule has 2 unspecified atom stereocenters. The van der Waals surface area contributed by atoms with E-state index < -0.39 is 5.54 Å². The third kappa shape index (κ3) is 4.70. The largest absolute Gasteiger partial charge is 0.497 e. The number of carbonyl (C=O) groups excluding carboxylic acids is 2. The Morgan fingerprint density at radius 1 is 1.15 bits per heavy atom. The van der Waals surface area contributed by atoms with Gasteiger partial charge in [0.1, 0.15) is 11.5 Å². The zero-order valence-electron chi connectivity index (χ0n) is 25.1. The van der Waals surface area contributed by atoms with Crippen molar-refractivity contribution in [1.82, 2.24) is 14.7 Å². The SMILES string of the molecule is CCC(C(=O)N1CCC2(CC1)C1=CC(C)c3c(cc(OC)cc3OC)CN1C(=O)N2CC)c1ccccc1N(C)N. The molecular formula is C32H43N5O4. The molecule has 9 nitrogen and oxygen atoms in total. The molecule has 3 aliphatic rings. The zero-order chi connectivity index (χ0) is 29.5. The molecule has 5 rings (SSSR count). The van der Waals surface area contributed by atoms with Crippen molar-refractivity contribution in [3.8, 4) is 11.5 Å². The molecule has 0 aromatic heterocycles. The minimum atomic E-state index is -0.451. The quantitative estimate of drug-likeness (QED) is 0.385. The average Bonchev–Trinajstić information content (AvgIpc) is 3.08. The van der Waals surface area contributed by atoms with Crippen LogP contribution in [0.15, 0.2) is 48.2 Å². The van der Waals surface area contributed by atoms with Gasteiger partial charge in [0.2, 0.25) is 5.91 Å². The van der Waals surface area contributed by atoms with E-state index in [-0.39, 0.29) is 23.8 Å². The Labute approximate surface area is 243 Å². The van der Waals surface area contributed by atoms with Crippen LogP contribution in [0.5, 0.6) is 11.5 Å². The molecular weight excluding hydrogens is 518 g/mol. The van der Waals surface area contributed by atoms with Gasteiger partial charge in [0.15, 0.2) is 0 Å². The fourth-order valence-corrected chi connectivity index (χ4v) is 7.21. The molecule has 0 bridgehead atoms. The van der Waals surface area contributed by atoms with Crippen LogP contribution in [-0.4, -0.2) is 73.1 Å². The van der Waals surface area contributed by atoms with Crippen molar-refractivity contribution in [2.75, 3.05) is 45.9 Å². The number of hydrazine groups is 1. The predicted molar refractivity (Wildman–Crippen MR) is 160 cm³/mol. The number of para-hydroxylation sites is 1. The predicted octanol–water partition coefficient (Wildman–Crippen LogP) is 4.83. The molecule has 2 atom stereocenters. The average molecular weight is 562 g/mol. The highest BCUT2D eigenvalue weighted by atomic mass is 16.5. The number of urea groups is 1. The van der Waals surface area contributed by atoms with Crippen molar-refractivity contribution in [2.45, 2.75) is 64.0 Å². The number of hydrogen-bond acceptors (Lipinski definition) is 6. The van der Waals surface area contributed by atoms with Crippen LogP contribution in [-0.2, 0) is 11.3 Å². The highest BCUT2D eigenvalue weighted by Crippen LogP contribution is 2.49. The second kappa shape index (κ2) is 11.3. The summed E-state index contributed by atoms with van der Waals surface area (Å²) in [5.74, 6) is 7.48. The van der Waals surface area contributed by atoms with Gasteiger partial charge >= 0.3 is 6.03 Å². The Kier molecular flexibility index (Phi) is 7.92. The van der Waals surface area contributed by atoms with Crippen LogP contribution in [0, 0.1) is 0 Å². The lowest BCUT2D eigenvalue weighted by Crippen LogP contribution is -2.55. The number of likely N-dealkylation sites (N-methyl/N-ethyl adjacent to an activating group) is 1. The molecule has 0 radical (unpaired) electrons. The summed E-state index contributed by atoms with van der Waals surface area (Å²) in [5.41, 5.74) is 4.52. The van der Waals surface area contributed by atoms with Crippen molar-refractivity contribution in [3.05, 3.63) is 64.9 Å². The number of likely N-dealkylation sites (tertiary alicyclic amines) is 1. The van der Waals surface area contributed by atoms with E-state index in [1.807, 2.05) is 64.9 Å². The van der Waals surface area contributed by atoms with Gasteiger partial charge < -0.3 is 24.3 Å². The first-order chi connectivity index (χ1) is 19.7. The van der Waals surface area contributed by atoms with Gasteiger partial charge in [0.05, 0.1) is 37.9 Å². The maximum absolute atomic E-state index is 13.9. The molecule has 3 amide bonds. The van der Waals surface area contributed by atoms with Gasteiger partial charge in [-0.1, -0.05) is 38.1 Å². The number of amides is 3. The van der Waals surface area contributed by atoms with E-state index in [1.165, 1.54) is 0 Å². The van der Waals surface area contributed by atoms with Crippen LogP contribution < -0.4 is 20.3 Å². The smallest absolute Gasteiger partial charge is 0.325 e. The number of nitrogens with zero attached hydrogens (tertiary/aromatic N) is 4. The molecule has 1 spiro atoms. The third-order valence-corrected chi connectivity index (χ3v) is 9.21. The van der Waals surface area contributed by atoms with Gasteiger partial charge in [-0.05, 0) is 49.4 Å². The number of fused-ring (bicyclic) bond motifs is 3. The molecule has 2 saturated heterocycles. The summed E-state index contributed by atoms with van der Waals surface area (Å²) in [6, 6.07) is 11.8. The lowest BCUT2D eigenvalue weighted by atomic mass is 9.81. The topological polar surface area (TPSA) is 91.6 Å². The minimum absolute atomic E-state index is 0.0201. The van der Waals surface area contributed by atoms with E-state index in [0.29, 0.717) is 51.2 Å². The fraction of sp³-hybridized carbons (Fsp3) is 0.500. The lowest BCUT2D eigenvalue weighted by Gasteiger charge is -2.45. The number of benzene rings is 2. The van der Waals surface area contributed by atoms with E-state index in [0.717, 1.165) is 33.8 Å². The molecule has 2 fully saturated rings. The number of methoxy groups -OCH3 is 2. The van der Waals surface area contributed by atoms with Crippen LogP contribution in [0.3, 0.4) is 0 Å². The Bertz CT molecular complexity index is 1350. The van der Waals surface area contributed by atoms with E-state index in [4.69, 9.17) is 15.3 Å². The summed E-state index contributed by atoms with van der Waals surface area (Å²) >= 11 is 0. The van der Waals surface area contributed by atoms with Crippen LogP contribution in [0.2, 0.25) is 0 Å². The third-order valence-electron chi connectivity index (χ3n) is 9.21. The first-order valence-corrected chi connectivity index (χ1v) is 14.6. The van der Waals surface area contributed by atoms with Crippen LogP contribution >= 0.6 is 0 Å². The van der Waals surface area contributed by atoms with Crippen molar-refractivity contribution in [2.24, 2.45) is 5.84 Å². The molecule has 0 saturated carbocycles. The van der Waals surface area contributed by atoms with E-state index in [9.17, 15) is 9.59 Å². The number of hydrogen-bond donors (Lipinski definition) is 1. The minimum Gasteiger partial charge on any atom is -0.497 e. The van der Waals surface area contributed by atoms with Crippen molar-refractivity contribution in [1.29, 1.82) is 0 Å². The Balaban J connectivity index is 1.45. The van der Waals surface area contributed by atoms with Gasteiger partial charge in [-0.25, -0.2) is 10.6 Å². The number of allylic oxidation sites excluding steroid dienone is 1. The van der Waals surface area contributed by atoms with Gasteiger partial charge in [-0.2, -0.15) is 0 Å². The number of nitrogens with two attached hydrogens (primary N) is 1. The van der Waals surface area contributed by atoms with E-state index in [2.05, 4.69) is 13.0 Å². The second-order valence-electron chi connectivity index (χ2n) is 11.3. The van der Waals surface area contributed by atoms with Crippen LogP contribution in [0.25, 0.3) is 0 Å². The van der Waals surface area contributed by atoms with Crippen LogP contribution in [0.1, 0.15) is 68.6 Å². The van der Waals surface area contributed by atoms with E-state index >= 15 is 0 Å². The molecule has 3 heterocycles. The molecule has 220 valence electrons. The monoisotopic (exact) mass is 561 g/mol. The maximum atomic E-state index is 13.9. The van der Waals surface area contributed by atoms with Crippen molar-refractivity contribution >= 4 is 17.6 Å². The first kappa shape index (κ1) is 28.8. The van der Waals surface area contributed by atoms with Crippen LogP contribution in [0.4, 0.5) is 10.5 Å². The first-order valence-electron chi connectivity index (χ1n) is 14.6. The Morgan fingerprint density at radius 3 is 2.46 bits per heavy atom. The van der Waals surface area contributed by atoms with Gasteiger partial charge in [0.25, 0.3) is 0 Å². The molecule has 3 aliphatic heterocycles. The normalized spacial score (nSPS) is 20.3. The summed E-state index contributed by atoms with van der Waals surface area (Å²) in [5, 5.41) is 1.58. The van der Waals surface area contributed by atoms with Gasteiger partial charge in [0, 0.05) is 49.9 Å². The molecule has 2 aromatic carbocycles. The maximum Gasteiger partial charge on any atom is 0.325 e. The van der Waals surface area contributed by atoms with Crippen molar-refractivity contribution < 1.29 is 19.1 Å². The number of ether oxygens (including phenoxy) is 2. The Morgan fingerprint density at radius 2 is 1.85 bits per heavy atom. The summed E-state index contributed by atoms with van der Waals surface area (Å²) < 4.78 is 11.3. The van der Waals surface area contributed by atoms with Gasteiger partial charge in [-0.3, -0.25) is 9.69 Å². The van der Waals surface area contributed by atoms with E-state index in [1.54, 1.807) is 26.3 Å². The Hall–Kier alpha value is -3.72. The lowest BCUT2D eigenvalue weighted by molar-refractivity contribution is -0.134. The number of carbonyl (C=O) groups is 2.